The van der Waals surface area contributed by atoms with Crippen molar-refractivity contribution in [3.05, 3.63) is 35.4 Å². The van der Waals surface area contributed by atoms with E-state index in [1.165, 1.54) is 36.9 Å². The Morgan fingerprint density at radius 1 is 1.14 bits per heavy atom. The van der Waals surface area contributed by atoms with E-state index in [1.54, 1.807) is 11.1 Å². The number of hydrogen-bond acceptors (Lipinski definition) is 1. The number of allylic oxidation sites excluding steroid dienone is 2. The summed E-state index contributed by atoms with van der Waals surface area (Å²) in [4.78, 5) is 0. The maximum atomic E-state index is 3.44. The SMILES string of the molecule is C1=C(c2cccc3c2CCN3)CCC1. The molecule has 1 heterocycles. The minimum Gasteiger partial charge on any atom is -0.384 e. The Hall–Kier alpha value is -1.24. The first-order valence-electron chi connectivity index (χ1n) is 5.50. The van der Waals surface area contributed by atoms with Gasteiger partial charge in [-0.2, -0.15) is 0 Å². The van der Waals surface area contributed by atoms with E-state index in [0.29, 0.717) is 0 Å². The summed E-state index contributed by atoms with van der Waals surface area (Å²) >= 11 is 0. The van der Waals surface area contributed by atoms with Gasteiger partial charge in [0.25, 0.3) is 0 Å². The minimum atomic E-state index is 1.11. The lowest BCUT2D eigenvalue weighted by atomic mass is 9.97. The van der Waals surface area contributed by atoms with E-state index >= 15 is 0 Å². The van der Waals surface area contributed by atoms with Gasteiger partial charge in [-0.25, -0.2) is 0 Å². The zero-order valence-corrected chi connectivity index (χ0v) is 8.34. The summed E-state index contributed by atoms with van der Waals surface area (Å²) in [7, 11) is 0. The molecule has 14 heavy (non-hydrogen) atoms. The largest absolute Gasteiger partial charge is 0.384 e. The second-order valence-electron chi connectivity index (χ2n) is 4.13. The van der Waals surface area contributed by atoms with Crippen LogP contribution in [-0.2, 0) is 6.42 Å². The predicted octanol–water partition coefficient (Wildman–Crippen LogP) is 3.22. The predicted molar refractivity (Wildman–Crippen MR) is 60.5 cm³/mol. The third-order valence-corrected chi connectivity index (χ3v) is 3.25. The third-order valence-electron chi connectivity index (χ3n) is 3.25. The van der Waals surface area contributed by atoms with Crippen LogP contribution in [0.5, 0.6) is 0 Å². The molecule has 1 aromatic rings. The molecule has 1 nitrogen and oxygen atoms in total. The molecule has 3 rings (SSSR count). The van der Waals surface area contributed by atoms with Crippen LogP contribution in [0.4, 0.5) is 5.69 Å². The van der Waals surface area contributed by atoms with Crippen LogP contribution >= 0.6 is 0 Å². The van der Waals surface area contributed by atoms with Crippen molar-refractivity contribution < 1.29 is 0 Å². The highest BCUT2D eigenvalue weighted by atomic mass is 14.9. The molecule has 2 aliphatic rings. The van der Waals surface area contributed by atoms with Crippen molar-refractivity contribution in [2.24, 2.45) is 0 Å². The number of nitrogens with one attached hydrogen (secondary N) is 1. The van der Waals surface area contributed by atoms with Gasteiger partial charge >= 0.3 is 0 Å². The van der Waals surface area contributed by atoms with Crippen molar-refractivity contribution in [3.8, 4) is 0 Å². The smallest absolute Gasteiger partial charge is 0.0379 e. The Morgan fingerprint density at radius 3 is 3.00 bits per heavy atom. The summed E-state index contributed by atoms with van der Waals surface area (Å²) < 4.78 is 0. The number of fused-ring (bicyclic) bond motifs is 1. The molecule has 0 unspecified atom stereocenters. The molecule has 0 saturated carbocycles. The van der Waals surface area contributed by atoms with Crippen LogP contribution in [0.25, 0.3) is 5.57 Å². The summed E-state index contributed by atoms with van der Waals surface area (Å²) in [5.74, 6) is 0. The van der Waals surface area contributed by atoms with E-state index in [9.17, 15) is 0 Å². The Bertz CT molecular complexity index is 390. The highest BCUT2D eigenvalue weighted by Gasteiger charge is 2.17. The first-order chi connectivity index (χ1) is 6.95. The molecule has 0 fully saturated rings. The van der Waals surface area contributed by atoms with E-state index < -0.39 is 0 Å². The monoisotopic (exact) mass is 185 g/mol. The van der Waals surface area contributed by atoms with Crippen molar-refractivity contribution in [3.63, 3.8) is 0 Å². The lowest BCUT2D eigenvalue weighted by Crippen LogP contribution is -1.90. The minimum absolute atomic E-state index is 1.11. The van der Waals surface area contributed by atoms with Gasteiger partial charge in [0.1, 0.15) is 0 Å². The molecule has 0 saturated heterocycles. The van der Waals surface area contributed by atoms with Crippen LogP contribution in [0.15, 0.2) is 24.3 Å². The molecule has 0 bridgehead atoms. The summed E-state index contributed by atoms with van der Waals surface area (Å²) in [5.41, 5.74) is 5.98. The fourth-order valence-corrected chi connectivity index (χ4v) is 2.56. The van der Waals surface area contributed by atoms with E-state index in [-0.39, 0.29) is 0 Å². The van der Waals surface area contributed by atoms with Crippen LogP contribution in [0.3, 0.4) is 0 Å². The van der Waals surface area contributed by atoms with Crippen molar-refractivity contribution in [2.75, 3.05) is 11.9 Å². The average Bonchev–Trinajstić information content (AvgIpc) is 2.88. The molecule has 0 spiro atoms. The Labute approximate surface area is 84.8 Å². The standard InChI is InChI=1S/C13H15N/c1-2-5-10(4-1)11-6-3-7-13-12(11)8-9-14-13/h3-4,6-7,14H,1-2,5,8-9H2. The second kappa shape index (κ2) is 3.16. The third kappa shape index (κ3) is 1.16. The lowest BCUT2D eigenvalue weighted by Gasteiger charge is -2.08. The molecular weight excluding hydrogens is 170 g/mol. The highest BCUT2D eigenvalue weighted by molar-refractivity contribution is 5.75. The summed E-state index contributed by atoms with van der Waals surface area (Å²) in [6.07, 6.45) is 7.49. The fraction of sp³-hybridized carbons (Fsp3) is 0.385. The molecule has 0 amide bonds. The molecule has 72 valence electrons. The second-order valence-corrected chi connectivity index (χ2v) is 4.13. The Morgan fingerprint density at radius 2 is 2.14 bits per heavy atom. The average molecular weight is 185 g/mol. The van der Waals surface area contributed by atoms with Crippen molar-refractivity contribution in [1.29, 1.82) is 0 Å². The fourth-order valence-electron chi connectivity index (χ4n) is 2.56. The van der Waals surface area contributed by atoms with Crippen LogP contribution in [0.1, 0.15) is 30.4 Å². The van der Waals surface area contributed by atoms with Gasteiger partial charge in [-0.1, -0.05) is 18.2 Å². The summed E-state index contributed by atoms with van der Waals surface area (Å²) in [6, 6.07) is 6.65. The first kappa shape index (κ1) is 8.10. The first-order valence-corrected chi connectivity index (χ1v) is 5.50. The molecule has 0 atom stereocenters. The quantitative estimate of drug-likeness (QED) is 0.708. The zero-order valence-electron chi connectivity index (χ0n) is 8.34. The molecule has 0 aromatic heterocycles. The molecule has 0 radical (unpaired) electrons. The van der Waals surface area contributed by atoms with Gasteiger partial charge in [0.2, 0.25) is 0 Å². The topological polar surface area (TPSA) is 12.0 Å². The van der Waals surface area contributed by atoms with E-state index in [1.807, 2.05) is 0 Å². The maximum absolute atomic E-state index is 3.44. The molecule has 1 aromatic carbocycles. The molecular formula is C13H15N. The van der Waals surface area contributed by atoms with E-state index in [4.69, 9.17) is 0 Å². The normalized spacial score (nSPS) is 19.0. The molecule has 1 aliphatic heterocycles. The highest BCUT2D eigenvalue weighted by Crippen LogP contribution is 2.35. The summed E-state index contributed by atoms with van der Waals surface area (Å²) in [5, 5.41) is 3.44. The van der Waals surface area contributed by atoms with Crippen LogP contribution in [-0.4, -0.2) is 6.54 Å². The van der Waals surface area contributed by atoms with Gasteiger partial charge in [0, 0.05) is 12.2 Å². The number of anilines is 1. The van der Waals surface area contributed by atoms with E-state index in [2.05, 4.69) is 29.6 Å². The zero-order chi connectivity index (χ0) is 9.38. The van der Waals surface area contributed by atoms with Gasteiger partial charge < -0.3 is 5.32 Å². The number of hydrogen-bond donors (Lipinski definition) is 1. The molecule has 1 N–H and O–H groups in total. The Kier molecular flexibility index (Phi) is 1.83. The van der Waals surface area contributed by atoms with Crippen LogP contribution in [0.2, 0.25) is 0 Å². The van der Waals surface area contributed by atoms with Gasteiger partial charge in [0.15, 0.2) is 0 Å². The van der Waals surface area contributed by atoms with Gasteiger partial charge in [-0.05, 0) is 48.4 Å². The van der Waals surface area contributed by atoms with Crippen molar-refractivity contribution >= 4 is 11.3 Å². The van der Waals surface area contributed by atoms with Crippen molar-refractivity contribution in [2.45, 2.75) is 25.7 Å². The number of benzene rings is 1. The van der Waals surface area contributed by atoms with E-state index in [0.717, 1.165) is 6.54 Å². The number of rotatable bonds is 1. The van der Waals surface area contributed by atoms with Gasteiger partial charge in [-0.15, -0.1) is 0 Å². The van der Waals surface area contributed by atoms with Crippen LogP contribution in [0, 0.1) is 0 Å². The Balaban J connectivity index is 2.09. The van der Waals surface area contributed by atoms with Gasteiger partial charge in [0.05, 0.1) is 0 Å². The lowest BCUT2D eigenvalue weighted by molar-refractivity contribution is 0.934. The molecule has 1 aliphatic carbocycles. The van der Waals surface area contributed by atoms with Gasteiger partial charge in [-0.3, -0.25) is 0 Å². The summed E-state index contributed by atoms with van der Waals surface area (Å²) in [6.45, 7) is 1.11. The molecule has 1 heteroatoms. The maximum Gasteiger partial charge on any atom is 0.0379 e. The van der Waals surface area contributed by atoms with Crippen molar-refractivity contribution in [1.82, 2.24) is 0 Å². The van der Waals surface area contributed by atoms with Crippen LogP contribution < -0.4 is 5.32 Å².